The van der Waals surface area contributed by atoms with Gasteiger partial charge in [-0.25, -0.2) is 4.79 Å². The summed E-state index contributed by atoms with van der Waals surface area (Å²) in [6.45, 7) is 6.84. The maximum Gasteiger partial charge on any atom is 0.341 e. The van der Waals surface area contributed by atoms with Crippen molar-refractivity contribution in [3.8, 4) is 0 Å². The van der Waals surface area contributed by atoms with Crippen LogP contribution in [0.25, 0.3) is 0 Å². The van der Waals surface area contributed by atoms with Gasteiger partial charge < -0.3 is 9.47 Å². The van der Waals surface area contributed by atoms with Crippen molar-refractivity contribution in [2.24, 2.45) is 5.92 Å². The number of hydrogen-bond donors (Lipinski definition) is 0. The fourth-order valence-corrected chi connectivity index (χ4v) is 1.84. The van der Waals surface area contributed by atoms with Crippen LogP contribution in [0.5, 0.6) is 0 Å². The molecule has 18 heavy (non-hydrogen) atoms. The first-order valence-corrected chi connectivity index (χ1v) is 5.72. The van der Waals surface area contributed by atoms with E-state index in [1.807, 2.05) is 0 Å². The molecule has 0 aromatic carbocycles. The highest BCUT2D eigenvalue weighted by Crippen LogP contribution is 2.31. The van der Waals surface area contributed by atoms with Crippen LogP contribution >= 0.6 is 0 Å². The minimum Gasteiger partial charge on any atom is -0.465 e. The minimum atomic E-state index is -0.691. The third-order valence-corrected chi connectivity index (χ3v) is 2.67. The Balaban J connectivity index is 2.95. The molecule has 1 unspecified atom stereocenters. The van der Waals surface area contributed by atoms with Crippen LogP contribution in [0.15, 0.2) is 11.1 Å². The average Bonchev–Trinajstić information content (AvgIpc) is 2.51. The van der Waals surface area contributed by atoms with Gasteiger partial charge in [0.15, 0.2) is 5.78 Å². The van der Waals surface area contributed by atoms with Crippen molar-refractivity contribution in [1.29, 1.82) is 0 Å². The lowest BCUT2D eigenvalue weighted by Crippen LogP contribution is -2.28. The van der Waals surface area contributed by atoms with Crippen molar-refractivity contribution in [2.45, 2.75) is 39.7 Å². The summed E-state index contributed by atoms with van der Waals surface area (Å²) in [5.41, 5.74) is -0.205. The van der Waals surface area contributed by atoms with E-state index in [1.54, 1.807) is 27.7 Å². The molecular weight excluding hydrogens is 236 g/mol. The van der Waals surface area contributed by atoms with E-state index in [0.29, 0.717) is 5.57 Å². The van der Waals surface area contributed by atoms with Gasteiger partial charge in [0.05, 0.1) is 13.0 Å². The zero-order valence-corrected chi connectivity index (χ0v) is 11.3. The Morgan fingerprint density at radius 2 is 1.83 bits per heavy atom. The van der Waals surface area contributed by atoms with E-state index < -0.39 is 23.5 Å². The number of ketones is 1. The van der Waals surface area contributed by atoms with E-state index >= 15 is 0 Å². The van der Waals surface area contributed by atoms with Gasteiger partial charge in [-0.1, -0.05) is 0 Å². The zero-order chi connectivity index (χ0) is 14.1. The van der Waals surface area contributed by atoms with E-state index in [2.05, 4.69) is 4.74 Å². The standard InChI is InChI=1S/C13H18O5/c1-7-8(11(15)18-13(2,3)4)6-9(14)10(7)12(16)17-5/h8H,6H2,1-5H3. The van der Waals surface area contributed by atoms with Gasteiger partial charge in [0, 0.05) is 6.42 Å². The smallest absolute Gasteiger partial charge is 0.341 e. The lowest BCUT2D eigenvalue weighted by molar-refractivity contribution is -0.159. The lowest BCUT2D eigenvalue weighted by Gasteiger charge is -2.22. The molecule has 0 fully saturated rings. The molecule has 1 atom stereocenters. The highest BCUT2D eigenvalue weighted by Gasteiger charge is 2.40. The number of ether oxygens (including phenoxy) is 2. The van der Waals surface area contributed by atoms with Gasteiger partial charge in [-0.2, -0.15) is 0 Å². The molecule has 0 spiro atoms. The topological polar surface area (TPSA) is 69.7 Å². The predicted molar refractivity (Wildman–Crippen MR) is 63.7 cm³/mol. The summed E-state index contributed by atoms with van der Waals surface area (Å²) >= 11 is 0. The Kier molecular flexibility index (Phi) is 3.94. The van der Waals surface area contributed by atoms with E-state index in [9.17, 15) is 14.4 Å². The zero-order valence-electron chi connectivity index (χ0n) is 11.3. The van der Waals surface area contributed by atoms with Crippen LogP contribution in [0, 0.1) is 5.92 Å². The quantitative estimate of drug-likeness (QED) is 0.550. The highest BCUT2D eigenvalue weighted by atomic mass is 16.6. The van der Waals surface area contributed by atoms with Crippen LogP contribution in [0.3, 0.4) is 0 Å². The van der Waals surface area contributed by atoms with Gasteiger partial charge in [0.1, 0.15) is 11.2 Å². The number of hydrogen-bond acceptors (Lipinski definition) is 5. The SMILES string of the molecule is COC(=O)C1=C(C)C(C(=O)OC(C)(C)C)CC1=O. The number of rotatable bonds is 2. The number of Topliss-reactive ketones (excluding diaryl/α,β-unsaturated/α-hetero) is 1. The summed E-state index contributed by atoms with van der Waals surface area (Å²) in [7, 11) is 1.21. The largest absolute Gasteiger partial charge is 0.465 e. The molecule has 0 bridgehead atoms. The molecule has 0 N–H and O–H groups in total. The van der Waals surface area contributed by atoms with Gasteiger partial charge in [0.2, 0.25) is 0 Å². The van der Waals surface area contributed by atoms with E-state index in [1.165, 1.54) is 7.11 Å². The Bertz CT molecular complexity index is 425. The molecule has 0 saturated carbocycles. The average molecular weight is 254 g/mol. The molecule has 0 saturated heterocycles. The Hall–Kier alpha value is -1.65. The molecule has 5 nitrogen and oxygen atoms in total. The van der Waals surface area contributed by atoms with E-state index in [4.69, 9.17) is 4.74 Å². The number of carbonyl (C=O) groups excluding carboxylic acids is 3. The molecule has 1 rings (SSSR count). The van der Waals surface area contributed by atoms with Gasteiger partial charge in [-0.3, -0.25) is 9.59 Å². The summed E-state index contributed by atoms with van der Waals surface area (Å²) in [5.74, 6) is -2.21. The van der Waals surface area contributed by atoms with Gasteiger partial charge in [-0.15, -0.1) is 0 Å². The van der Waals surface area contributed by atoms with E-state index in [0.717, 1.165) is 0 Å². The van der Waals surface area contributed by atoms with Crippen molar-refractivity contribution >= 4 is 17.7 Å². The van der Waals surface area contributed by atoms with Gasteiger partial charge >= 0.3 is 11.9 Å². The first kappa shape index (κ1) is 14.4. The van der Waals surface area contributed by atoms with Crippen LogP contribution < -0.4 is 0 Å². The molecule has 0 aliphatic heterocycles. The van der Waals surface area contributed by atoms with Crippen LogP contribution in [0.1, 0.15) is 34.1 Å². The van der Waals surface area contributed by atoms with Crippen molar-refractivity contribution in [1.82, 2.24) is 0 Å². The van der Waals surface area contributed by atoms with Gasteiger partial charge in [0.25, 0.3) is 0 Å². The molecule has 0 aromatic heterocycles. The molecule has 0 amide bonds. The van der Waals surface area contributed by atoms with Crippen molar-refractivity contribution < 1.29 is 23.9 Å². The molecule has 0 aromatic rings. The van der Waals surface area contributed by atoms with Crippen molar-refractivity contribution in [3.63, 3.8) is 0 Å². The minimum absolute atomic E-state index is 0.0200. The Labute approximate surface area is 106 Å². The molecule has 100 valence electrons. The van der Waals surface area contributed by atoms with Crippen LogP contribution in [0.4, 0.5) is 0 Å². The monoisotopic (exact) mass is 254 g/mol. The second kappa shape index (κ2) is 4.92. The fourth-order valence-electron chi connectivity index (χ4n) is 1.84. The van der Waals surface area contributed by atoms with Gasteiger partial charge in [-0.05, 0) is 33.3 Å². The summed E-state index contributed by atoms with van der Waals surface area (Å²) in [6, 6.07) is 0. The Morgan fingerprint density at radius 3 is 2.28 bits per heavy atom. The summed E-state index contributed by atoms with van der Waals surface area (Å²) < 4.78 is 9.76. The first-order chi connectivity index (χ1) is 8.17. The molecule has 5 heteroatoms. The molecule has 1 aliphatic rings. The molecule has 0 radical (unpaired) electrons. The summed E-state index contributed by atoms with van der Waals surface area (Å²) in [4.78, 5) is 35.0. The van der Waals surface area contributed by atoms with Crippen LogP contribution in [-0.4, -0.2) is 30.4 Å². The summed E-state index contributed by atoms with van der Waals surface area (Å²) in [5, 5.41) is 0. The van der Waals surface area contributed by atoms with Crippen molar-refractivity contribution in [3.05, 3.63) is 11.1 Å². The van der Waals surface area contributed by atoms with Crippen LogP contribution in [0.2, 0.25) is 0 Å². The fraction of sp³-hybridized carbons (Fsp3) is 0.615. The number of carbonyl (C=O) groups is 3. The number of methoxy groups -OCH3 is 1. The first-order valence-electron chi connectivity index (χ1n) is 5.72. The lowest BCUT2D eigenvalue weighted by atomic mass is 10.0. The maximum absolute atomic E-state index is 11.9. The highest BCUT2D eigenvalue weighted by molar-refractivity contribution is 6.21. The molecular formula is C13H18O5. The van der Waals surface area contributed by atoms with E-state index in [-0.39, 0.29) is 17.8 Å². The third-order valence-electron chi connectivity index (χ3n) is 2.67. The second-order valence-corrected chi connectivity index (χ2v) is 5.26. The second-order valence-electron chi connectivity index (χ2n) is 5.26. The number of esters is 2. The normalized spacial score (nSPS) is 20.1. The van der Waals surface area contributed by atoms with Crippen LogP contribution in [-0.2, 0) is 23.9 Å². The third kappa shape index (κ3) is 2.97. The predicted octanol–water partition coefficient (Wildman–Crippen LogP) is 1.41. The molecule has 0 heterocycles. The summed E-state index contributed by atoms with van der Waals surface area (Å²) in [6.07, 6.45) is -0.0226. The Morgan fingerprint density at radius 1 is 1.28 bits per heavy atom. The molecule has 1 aliphatic carbocycles. The van der Waals surface area contributed by atoms with Crippen molar-refractivity contribution in [2.75, 3.05) is 7.11 Å². The maximum atomic E-state index is 11.9.